The van der Waals surface area contributed by atoms with Gasteiger partial charge >= 0.3 is 5.92 Å². The third-order valence-corrected chi connectivity index (χ3v) is 6.20. The summed E-state index contributed by atoms with van der Waals surface area (Å²) in [7, 11) is 0. The summed E-state index contributed by atoms with van der Waals surface area (Å²) in [6.07, 6.45) is 2.45. The third kappa shape index (κ3) is 4.37. The van der Waals surface area contributed by atoms with Crippen LogP contribution in [-0.2, 0) is 16.9 Å². The number of nitrogens with zero attached hydrogens (tertiary/aromatic N) is 2. The molecule has 1 aliphatic heterocycles. The number of alkyl halides is 2. The second-order valence-electron chi connectivity index (χ2n) is 8.07. The third-order valence-electron chi connectivity index (χ3n) is 5.76. The number of hydrogen-bond acceptors (Lipinski definition) is 4. The van der Waals surface area contributed by atoms with Crippen LogP contribution in [0.15, 0.2) is 65.9 Å². The number of Topliss-reactive ketones (excluding diaryl/α,β-unsaturated/α-hetero) is 1. The van der Waals surface area contributed by atoms with E-state index >= 15 is 8.78 Å². The summed E-state index contributed by atoms with van der Waals surface area (Å²) in [5.74, 6) is -3.56. The number of aromatic nitrogens is 1. The normalized spacial score (nSPS) is 19.2. The molecule has 8 heteroatoms. The lowest BCUT2D eigenvalue weighted by Crippen LogP contribution is -2.45. The van der Waals surface area contributed by atoms with Crippen LogP contribution < -0.4 is 0 Å². The molecular formula is C25H20Cl2F2N2O2. The number of carbonyl (C=O) groups excluding carboxylic acids is 1. The van der Waals surface area contributed by atoms with Crippen LogP contribution in [0, 0.1) is 6.92 Å². The van der Waals surface area contributed by atoms with Gasteiger partial charge in [-0.3, -0.25) is 9.78 Å². The van der Waals surface area contributed by atoms with Gasteiger partial charge in [0.2, 0.25) is 5.60 Å². The number of hydrogen-bond donors (Lipinski definition) is 0. The Balaban J connectivity index is 1.57. The van der Waals surface area contributed by atoms with Crippen LogP contribution in [0.2, 0.25) is 10.0 Å². The van der Waals surface area contributed by atoms with Crippen LogP contribution in [0.5, 0.6) is 0 Å². The first-order chi connectivity index (χ1) is 15.6. The number of halogens is 4. The molecule has 4 rings (SSSR count). The molecule has 2 heterocycles. The zero-order valence-electron chi connectivity index (χ0n) is 17.9. The molecule has 0 spiro atoms. The molecule has 0 saturated carbocycles. The Bertz CT molecular complexity index is 1230. The number of carbonyl (C=O) groups is 1. The number of oxime groups is 1. The van der Waals surface area contributed by atoms with Crippen molar-refractivity contribution in [1.82, 2.24) is 4.98 Å². The van der Waals surface area contributed by atoms with Crippen molar-refractivity contribution in [2.45, 2.75) is 38.2 Å². The minimum atomic E-state index is -3.47. The minimum Gasteiger partial charge on any atom is -0.377 e. The maximum absolute atomic E-state index is 15.6. The molecular weight excluding hydrogens is 469 g/mol. The molecule has 170 valence electrons. The minimum absolute atomic E-state index is 0.0838. The molecule has 2 aromatic carbocycles. The van der Waals surface area contributed by atoms with E-state index in [2.05, 4.69) is 10.1 Å². The first-order valence-electron chi connectivity index (χ1n) is 10.3. The molecule has 1 atom stereocenters. The number of benzene rings is 2. The molecule has 3 aromatic rings. The maximum Gasteiger partial charge on any atom is 0.338 e. The van der Waals surface area contributed by atoms with Crippen molar-refractivity contribution < 1.29 is 18.4 Å². The summed E-state index contributed by atoms with van der Waals surface area (Å²) in [5.41, 5.74) is -0.438. The zero-order chi connectivity index (χ0) is 23.8. The quantitative estimate of drug-likeness (QED) is 0.358. The maximum atomic E-state index is 15.6. The first-order valence-corrected chi connectivity index (χ1v) is 11.0. The molecule has 0 radical (unpaired) electrons. The van der Waals surface area contributed by atoms with Crippen LogP contribution in [-0.4, -0.2) is 22.4 Å². The number of rotatable bonds is 6. The van der Waals surface area contributed by atoms with Gasteiger partial charge in [0.1, 0.15) is 0 Å². The van der Waals surface area contributed by atoms with Crippen molar-refractivity contribution in [1.29, 1.82) is 0 Å². The first kappa shape index (κ1) is 23.3. The van der Waals surface area contributed by atoms with Crippen molar-refractivity contribution in [3.8, 4) is 0 Å². The van der Waals surface area contributed by atoms with Crippen molar-refractivity contribution in [3.05, 3.63) is 98.8 Å². The van der Waals surface area contributed by atoms with Gasteiger partial charge in [0.05, 0.1) is 0 Å². The number of pyridine rings is 1. The van der Waals surface area contributed by atoms with Gasteiger partial charge in [0.25, 0.3) is 0 Å². The van der Waals surface area contributed by atoms with Crippen molar-refractivity contribution in [2.24, 2.45) is 5.16 Å². The molecule has 0 saturated heterocycles. The molecule has 33 heavy (non-hydrogen) atoms. The summed E-state index contributed by atoms with van der Waals surface area (Å²) in [5, 5.41) is 4.16. The lowest BCUT2D eigenvalue weighted by atomic mass is 9.84. The highest BCUT2D eigenvalue weighted by atomic mass is 35.5. The lowest BCUT2D eigenvalue weighted by molar-refractivity contribution is -0.142. The second-order valence-corrected chi connectivity index (χ2v) is 8.94. The smallest absolute Gasteiger partial charge is 0.338 e. The fraction of sp³-hybridized carbons (Fsp3) is 0.240. The monoisotopic (exact) mass is 488 g/mol. The van der Waals surface area contributed by atoms with Gasteiger partial charge in [0.15, 0.2) is 11.5 Å². The Morgan fingerprint density at radius 2 is 1.79 bits per heavy atom. The summed E-state index contributed by atoms with van der Waals surface area (Å²) >= 11 is 12.0. The Morgan fingerprint density at radius 1 is 1.06 bits per heavy atom. The van der Waals surface area contributed by atoms with Crippen LogP contribution in [0.3, 0.4) is 0 Å². The van der Waals surface area contributed by atoms with Crippen molar-refractivity contribution in [3.63, 3.8) is 0 Å². The average molecular weight is 489 g/mol. The van der Waals surface area contributed by atoms with E-state index in [0.29, 0.717) is 17.5 Å². The van der Waals surface area contributed by atoms with Gasteiger partial charge in [-0.15, -0.1) is 0 Å². The topological polar surface area (TPSA) is 51.5 Å². The van der Waals surface area contributed by atoms with E-state index in [4.69, 9.17) is 28.0 Å². The molecule has 0 N–H and O–H groups in total. The van der Waals surface area contributed by atoms with Crippen LogP contribution in [0.4, 0.5) is 8.78 Å². The fourth-order valence-electron chi connectivity index (χ4n) is 3.82. The highest BCUT2D eigenvalue weighted by Gasteiger charge is 2.62. The fourth-order valence-corrected chi connectivity index (χ4v) is 4.35. The largest absolute Gasteiger partial charge is 0.377 e. The van der Waals surface area contributed by atoms with Crippen LogP contribution >= 0.6 is 23.2 Å². The Kier molecular flexibility index (Phi) is 6.25. The SMILES string of the molecule is Cc1cc(C2=NOC(C)(c3cc(Cl)cc(Cl)c3)C2(F)F)ccc1C(=O)CCc1ccccn1. The van der Waals surface area contributed by atoms with Crippen LogP contribution in [0.25, 0.3) is 0 Å². The second kappa shape index (κ2) is 8.84. The summed E-state index contributed by atoms with van der Waals surface area (Å²) in [6, 6.07) is 14.3. The predicted octanol–water partition coefficient (Wildman–Crippen LogP) is 6.80. The predicted molar refractivity (Wildman–Crippen MR) is 124 cm³/mol. The molecule has 1 unspecified atom stereocenters. The van der Waals surface area contributed by atoms with E-state index in [0.717, 1.165) is 5.69 Å². The molecule has 4 nitrogen and oxygen atoms in total. The lowest BCUT2D eigenvalue weighted by Gasteiger charge is -2.29. The van der Waals surface area contributed by atoms with E-state index < -0.39 is 17.2 Å². The van der Waals surface area contributed by atoms with E-state index in [1.54, 1.807) is 19.2 Å². The van der Waals surface area contributed by atoms with E-state index in [9.17, 15) is 4.79 Å². The molecule has 1 aliphatic rings. The van der Waals surface area contributed by atoms with Gasteiger partial charge in [-0.2, -0.15) is 8.78 Å². The van der Waals surface area contributed by atoms with E-state index in [-0.39, 0.29) is 33.4 Å². The van der Waals surface area contributed by atoms with Gasteiger partial charge in [-0.1, -0.05) is 46.6 Å². The molecule has 0 amide bonds. The highest BCUT2D eigenvalue weighted by Crippen LogP contribution is 2.48. The summed E-state index contributed by atoms with van der Waals surface area (Å²) in [6.45, 7) is 2.95. The number of ketones is 1. The molecule has 0 fully saturated rings. The molecule has 0 aliphatic carbocycles. The van der Waals surface area contributed by atoms with E-state index in [1.165, 1.54) is 37.3 Å². The van der Waals surface area contributed by atoms with Crippen LogP contribution in [0.1, 0.15) is 46.1 Å². The van der Waals surface area contributed by atoms with Gasteiger partial charge in [-0.05, 0) is 62.2 Å². The summed E-state index contributed by atoms with van der Waals surface area (Å²) in [4.78, 5) is 22.2. The van der Waals surface area contributed by atoms with Gasteiger partial charge in [-0.25, -0.2) is 0 Å². The standard InChI is InChI=1S/C25H20Cl2F2N2O2/c1-15-11-16(6-8-21(15)22(32)9-7-20-5-3-4-10-30-20)23-25(28,29)24(2,33-31-23)17-12-18(26)14-19(27)13-17/h3-6,8,10-14H,7,9H2,1-2H3. The number of aryl methyl sites for hydroxylation is 2. The van der Waals surface area contributed by atoms with E-state index in [1.807, 2.05) is 18.2 Å². The van der Waals surface area contributed by atoms with Crippen molar-refractivity contribution >= 4 is 34.7 Å². The van der Waals surface area contributed by atoms with Crippen molar-refractivity contribution in [2.75, 3.05) is 0 Å². The Hall–Kier alpha value is -2.83. The molecule has 1 aromatic heterocycles. The Labute approximate surface area is 200 Å². The van der Waals surface area contributed by atoms with Gasteiger partial charge in [0, 0.05) is 45.0 Å². The highest BCUT2D eigenvalue weighted by molar-refractivity contribution is 6.34. The Morgan fingerprint density at radius 3 is 2.42 bits per heavy atom. The average Bonchev–Trinajstić information content (AvgIpc) is 3.02. The zero-order valence-corrected chi connectivity index (χ0v) is 19.4. The molecule has 0 bridgehead atoms. The van der Waals surface area contributed by atoms with Gasteiger partial charge < -0.3 is 4.84 Å². The summed E-state index contributed by atoms with van der Waals surface area (Å²) < 4.78 is 31.2.